The molecule has 0 spiro atoms. The normalized spacial score (nSPS) is 12.1. The molecule has 0 bridgehead atoms. The summed E-state index contributed by atoms with van der Waals surface area (Å²) in [4.78, 5) is 23.5. The van der Waals surface area contributed by atoms with Crippen LogP contribution in [0.1, 0.15) is 83.2 Å². The molecule has 280 valence electrons. The number of H-pyrrole nitrogens is 1. The van der Waals surface area contributed by atoms with Gasteiger partial charge in [-0.2, -0.15) is 4.98 Å². The number of ether oxygens (including phenoxy) is 1. The van der Waals surface area contributed by atoms with E-state index < -0.39 is 23.7 Å². The van der Waals surface area contributed by atoms with Crippen molar-refractivity contribution in [3.63, 3.8) is 0 Å². The summed E-state index contributed by atoms with van der Waals surface area (Å²) in [6.07, 6.45) is -0.0924. The highest BCUT2D eigenvalue weighted by Crippen LogP contribution is 2.31. The van der Waals surface area contributed by atoms with Gasteiger partial charge in [0.2, 0.25) is 0 Å². The minimum atomic E-state index is -4.66. The number of hydrogen-bond acceptors (Lipinski definition) is 6. The van der Waals surface area contributed by atoms with Crippen LogP contribution in [0.5, 0.6) is 5.75 Å². The Bertz CT molecular complexity index is 1830. The molecule has 2 aromatic carbocycles. The molecule has 2 heterocycles. The lowest BCUT2D eigenvalue weighted by molar-refractivity contribution is -0.274. The van der Waals surface area contributed by atoms with Crippen LogP contribution in [-0.2, 0) is 23.8 Å². The first-order valence-corrected chi connectivity index (χ1v) is 16.7. The fourth-order valence-electron chi connectivity index (χ4n) is 5.01. The third kappa shape index (κ3) is 12.6. The van der Waals surface area contributed by atoms with Crippen LogP contribution in [0.15, 0.2) is 52.4 Å². The molecule has 0 amide bonds. The van der Waals surface area contributed by atoms with Crippen molar-refractivity contribution >= 4 is 17.0 Å². The van der Waals surface area contributed by atoms with Gasteiger partial charge in [0.05, 0.1) is 5.69 Å². The highest BCUT2D eigenvalue weighted by atomic mass is 19.4. The Morgan fingerprint density at radius 3 is 2.18 bits per heavy atom. The summed E-state index contributed by atoms with van der Waals surface area (Å²) in [5.41, 5.74) is 17.9. The van der Waals surface area contributed by atoms with E-state index in [1.807, 2.05) is 53.7 Å². The lowest BCUT2D eigenvalue weighted by atomic mass is 9.85. The molecule has 2 aromatic heterocycles. The lowest BCUT2D eigenvalue weighted by Gasteiger charge is -2.21. The molecule has 4 rings (SSSR count). The zero-order chi connectivity index (χ0) is 38.1. The summed E-state index contributed by atoms with van der Waals surface area (Å²) in [5, 5.41) is 3.63. The van der Waals surface area contributed by atoms with Gasteiger partial charge < -0.3 is 32.2 Å². The number of hydrogen-bond donors (Lipinski definition) is 5. The second kappa shape index (κ2) is 17.1. The van der Waals surface area contributed by atoms with Crippen LogP contribution in [0.4, 0.5) is 22.0 Å². The van der Waals surface area contributed by atoms with Gasteiger partial charge in [-0.3, -0.25) is 9.56 Å². The van der Waals surface area contributed by atoms with Gasteiger partial charge >= 0.3 is 12.1 Å². The number of benzene rings is 2. The number of aromatic nitrogens is 3. The number of aromatic amines is 1. The fraction of sp³-hybridized carbons (Fsp3) is 0.472. The summed E-state index contributed by atoms with van der Waals surface area (Å²) in [6, 6.07) is 9.00. The van der Waals surface area contributed by atoms with Crippen LogP contribution in [0, 0.1) is 11.6 Å². The van der Waals surface area contributed by atoms with Crippen molar-refractivity contribution in [3.05, 3.63) is 87.1 Å². The van der Waals surface area contributed by atoms with Crippen LogP contribution >= 0.6 is 0 Å². The Labute approximate surface area is 294 Å². The second-order valence-corrected chi connectivity index (χ2v) is 14.3. The molecule has 0 aliphatic rings. The smallest absolute Gasteiger partial charge is 0.406 e. The topological polar surface area (TPSA) is 162 Å². The van der Waals surface area contributed by atoms with Gasteiger partial charge in [-0.1, -0.05) is 47.6 Å². The zero-order valence-corrected chi connectivity index (χ0v) is 30.0. The minimum absolute atomic E-state index is 0.00128. The first-order chi connectivity index (χ1) is 23.7. The van der Waals surface area contributed by atoms with Crippen LogP contribution in [0.2, 0.25) is 0 Å². The summed E-state index contributed by atoms with van der Waals surface area (Å²) >= 11 is 0. The molecule has 0 atom stereocenters. The average Bonchev–Trinajstić information content (AvgIpc) is 3.42. The van der Waals surface area contributed by atoms with Crippen molar-refractivity contribution in [3.8, 4) is 11.4 Å². The van der Waals surface area contributed by atoms with Gasteiger partial charge in [0, 0.05) is 41.3 Å². The van der Waals surface area contributed by atoms with Gasteiger partial charge in [0.1, 0.15) is 23.0 Å². The molecule has 0 aliphatic heterocycles. The van der Waals surface area contributed by atoms with Crippen molar-refractivity contribution in [1.82, 2.24) is 19.9 Å². The van der Waals surface area contributed by atoms with E-state index in [0.29, 0.717) is 43.5 Å². The van der Waals surface area contributed by atoms with Crippen molar-refractivity contribution in [2.45, 2.75) is 91.0 Å². The predicted octanol–water partition coefficient (Wildman–Crippen LogP) is 6.21. The average molecular weight is 721 g/mol. The van der Waals surface area contributed by atoms with Gasteiger partial charge in [0.15, 0.2) is 5.96 Å². The van der Waals surface area contributed by atoms with E-state index in [9.17, 15) is 26.7 Å². The maximum atomic E-state index is 14.6. The van der Waals surface area contributed by atoms with E-state index in [1.165, 1.54) is 18.3 Å². The summed E-state index contributed by atoms with van der Waals surface area (Å²) in [7, 11) is 0. The molecule has 4 aromatic rings. The fourth-order valence-corrected chi connectivity index (χ4v) is 5.01. The number of aliphatic imine (C=N–C) groups is 1. The number of alkyl halides is 3. The summed E-state index contributed by atoms with van der Waals surface area (Å²) in [5.74, 6) is -1.64. The zero-order valence-electron chi connectivity index (χ0n) is 30.0. The molecule has 10 nitrogen and oxygen atoms in total. The Morgan fingerprint density at radius 2 is 1.61 bits per heavy atom. The number of nitrogens with two attached hydrogens (primary N) is 3. The quantitative estimate of drug-likeness (QED) is 0.0503. The molecule has 0 saturated heterocycles. The molecule has 0 unspecified atom stereocenters. The standard InChI is InChI=1S/C21H27F2N7O.C15H22F3NO/c1-21(2,3)17-7-12-11-30(20(31)29-18(12)28-17)13-8-15(22)14(16(23)9-13)10-26-5-4-6-27-19(24)25;1-14(2,3)12-8-11(6-4-5-7-19)9-13(10-12)20-15(16,17)18/h7-9,11,26H,4-6,10H2,1-3H3,(H4,24,25,27)(H,28,29,31);8-10H,4-7,19H2,1-3H3. The third-order valence-electron chi connectivity index (χ3n) is 7.81. The number of unbranched alkanes of at least 4 members (excludes halogenated alkanes) is 1. The first kappa shape index (κ1) is 40.9. The van der Waals surface area contributed by atoms with E-state index in [1.54, 1.807) is 0 Å². The Hall–Kier alpha value is -4.50. The number of rotatable bonds is 12. The van der Waals surface area contributed by atoms with Gasteiger partial charge in [-0.25, -0.2) is 13.6 Å². The van der Waals surface area contributed by atoms with E-state index in [2.05, 4.69) is 25.0 Å². The van der Waals surface area contributed by atoms with Crippen molar-refractivity contribution in [2.24, 2.45) is 22.2 Å². The van der Waals surface area contributed by atoms with Crippen molar-refractivity contribution in [2.75, 3.05) is 19.6 Å². The van der Waals surface area contributed by atoms with Crippen LogP contribution < -0.4 is 32.9 Å². The Kier molecular flexibility index (Phi) is 13.8. The largest absolute Gasteiger partial charge is 0.573 e. The molecule has 0 fully saturated rings. The first-order valence-electron chi connectivity index (χ1n) is 16.7. The Morgan fingerprint density at radius 1 is 0.941 bits per heavy atom. The predicted molar refractivity (Wildman–Crippen MR) is 191 cm³/mol. The highest BCUT2D eigenvalue weighted by Gasteiger charge is 2.32. The monoisotopic (exact) mass is 720 g/mol. The van der Waals surface area contributed by atoms with E-state index >= 15 is 0 Å². The van der Waals surface area contributed by atoms with Gasteiger partial charge in [0.25, 0.3) is 0 Å². The molecule has 15 heteroatoms. The minimum Gasteiger partial charge on any atom is -0.406 e. The van der Waals surface area contributed by atoms with E-state index in [0.717, 1.165) is 46.4 Å². The number of fused-ring (bicyclic) bond motifs is 1. The van der Waals surface area contributed by atoms with E-state index in [-0.39, 0.29) is 40.3 Å². The highest BCUT2D eigenvalue weighted by molar-refractivity contribution is 5.76. The SMILES string of the molecule is CC(C)(C)c1cc(CCCCN)cc(OC(F)(F)F)c1.CC(C)(C)c1cc2cn(-c3cc(F)c(CNCCCN=C(N)N)c(F)c3)c(=O)nc2[nH]1. The molecule has 8 N–H and O–H groups in total. The molecule has 0 saturated carbocycles. The van der Waals surface area contributed by atoms with Crippen LogP contribution in [-0.4, -0.2) is 46.5 Å². The van der Waals surface area contributed by atoms with Crippen LogP contribution in [0.25, 0.3) is 16.7 Å². The molecule has 51 heavy (non-hydrogen) atoms. The lowest BCUT2D eigenvalue weighted by Crippen LogP contribution is -2.24. The van der Waals surface area contributed by atoms with Gasteiger partial charge in [-0.15, -0.1) is 13.2 Å². The van der Waals surface area contributed by atoms with E-state index in [4.69, 9.17) is 17.2 Å². The Balaban J connectivity index is 0.000000304. The molecular formula is C36H49F5N8O2. The van der Waals surface area contributed by atoms with Crippen LogP contribution in [0.3, 0.4) is 0 Å². The maximum absolute atomic E-state index is 14.6. The third-order valence-corrected chi connectivity index (χ3v) is 7.81. The van der Waals surface area contributed by atoms with Crippen molar-refractivity contribution < 1.29 is 26.7 Å². The summed E-state index contributed by atoms with van der Waals surface area (Å²) < 4.78 is 71.5. The number of halogens is 5. The molecular weight excluding hydrogens is 671 g/mol. The van der Waals surface area contributed by atoms with Crippen molar-refractivity contribution in [1.29, 1.82) is 0 Å². The number of nitrogens with zero attached hydrogens (tertiary/aromatic N) is 3. The molecule has 0 aliphatic carbocycles. The maximum Gasteiger partial charge on any atom is 0.573 e. The summed E-state index contributed by atoms with van der Waals surface area (Å²) in [6.45, 7) is 13.5. The molecule has 0 radical (unpaired) electrons. The second-order valence-electron chi connectivity index (χ2n) is 14.3. The number of guanidine groups is 1. The van der Waals surface area contributed by atoms with Gasteiger partial charge in [-0.05, 0) is 85.6 Å². The number of nitrogens with one attached hydrogen (secondary N) is 2. The number of aryl methyl sites for hydroxylation is 1.